The first-order chi connectivity index (χ1) is 11.3. The van der Waals surface area contributed by atoms with Crippen LogP contribution in [0.4, 0.5) is 13.2 Å². The molecule has 1 heterocycles. The van der Waals surface area contributed by atoms with Crippen molar-refractivity contribution >= 4 is 10.9 Å². The Morgan fingerprint density at radius 2 is 1.62 bits per heavy atom. The normalized spacial score (nSPS) is 13.0. The molecule has 3 rings (SSSR count). The van der Waals surface area contributed by atoms with Gasteiger partial charge in [0.15, 0.2) is 0 Å². The van der Waals surface area contributed by atoms with Crippen LogP contribution in [0.15, 0.2) is 48.5 Å². The number of hydrogen-bond acceptors (Lipinski definition) is 3. The number of benzene rings is 2. The van der Waals surface area contributed by atoms with Crippen molar-refractivity contribution in [3.8, 4) is 5.75 Å². The molecule has 0 aliphatic heterocycles. The number of hydrogen-bond donors (Lipinski definition) is 0. The fourth-order valence-electron chi connectivity index (χ4n) is 2.67. The third kappa shape index (κ3) is 3.48. The summed E-state index contributed by atoms with van der Waals surface area (Å²) in [5.41, 5.74) is 2.55. The molecule has 0 bridgehead atoms. The molecule has 0 radical (unpaired) electrons. The molecule has 0 fully saturated rings. The van der Waals surface area contributed by atoms with Crippen LogP contribution in [-0.4, -0.2) is 16.3 Å². The number of alkyl halides is 3. The molecule has 1 unspecified atom stereocenters. The molecule has 1 aromatic heterocycles. The summed E-state index contributed by atoms with van der Waals surface area (Å²) in [6.45, 7) is 3.79. The quantitative estimate of drug-likeness (QED) is 0.678. The summed E-state index contributed by atoms with van der Waals surface area (Å²) in [6.07, 6.45) is -4.69. The summed E-state index contributed by atoms with van der Waals surface area (Å²) in [6, 6.07) is 13.6. The zero-order valence-corrected chi connectivity index (χ0v) is 13.1. The molecular formula is C18H15F3N2O. The van der Waals surface area contributed by atoms with E-state index in [1.54, 1.807) is 12.1 Å². The number of rotatable bonds is 3. The summed E-state index contributed by atoms with van der Waals surface area (Å²) in [4.78, 5) is 8.95. The molecule has 3 nitrogen and oxygen atoms in total. The first kappa shape index (κ1) is 16.2. The van der Waals surface area contributed by atoms with E-state index in [0.717, 1.165) is 22.2 Å². The van der Waals surface area contributed by atoms with E-state index in [9.17, 15) is 13.2 Å². The largest absolute Gasteiger partial charge is 0.573 e. The summed E-state index contributed by atoms with van der Waals surface area (Å²) >= 11 is 0. The van der Waals surface area contributed by atoms with E-state index >= 15 is 0 Å². The van der Waals surface area contributed by atoms with E-state index in [0.29, 0.717) is 5.82 Å². The molecule has 3 aromatic rings. The standard InChI is InChI=1S/C18H15F3N2O/c1-11(13-7-9-14(10-8-13)24-18(19,20)21)17-15-5-3-4-6-16(15)22-12(2)23-17/h3-11H,1-2H3. The molecule has 1 atom stereocenters. The topological polar surface area (TPSA) is 35.0 Å². The van der Waals surface area contributed by atoms with Crippen molar-refractivity contribution in [2.45, 2.75) is 26.1 Å². The van der Waals surface area contributed by atoms with Gasteiger partial charge in [0.2, 0.25) is 0 Å². The molecule has 0 saturated heterocycles. The Morgan fingerprint density at radius 3 is 2.29 bits per heavy atom. The second-order valence-electron chi connectivity index (χ2n) is 5.51. The summed E-state index contributed by atoms with van der Waals surface area (Å²) in [5.74, 6) is 0.339. The molecule has 6 heteroatoms. The lowest BCUT2D eigenvalue weighted by Crippen LogP contribution is -2.17. The predicted molar refractivity (Wildman–Crippen MR) is 84.9 cm³/mol. The Kier molecular flexibility index (Phi) is 4.13. The van der Waals surface area contributed by atoms with Gasteiger partial charge in [-0.25, -0.2) is 9.97 Å². The number of aromatic nitrogens is 2. The fourth-order valence-corrected chi connectivity index (χ4v) is 2.67. The second kappa shape index (κ2) is 6.11. The smallest absolute Gasteiger partial charge is 0.406 e. The minimum Gasteiger partial charge on any atom is -0.406 e. The van der Waals surface area contributed by atoms with Crippen molar-refractivity contribution in [1.82, 2.24) is 9.97 Å². The van der Waals surface area contributed by atoms with E-state index in [-0.39, 0.29) is 11.7 Å². The molecule has 2 aromatic carbocycles. The van der Waals surface area contributed by atoms with Crippen molar-refractivity contribution in [2.24, 2.45) is 0 Å². The number of nitrogens with zero attached hydrogens (tertiary/aromatic N) is 2. The van der Waals surface area contributed by atoms with Gasteiger partial charge in [-0.2, -0.15) is 0 Å². The van der Waals surface area contributed by atoms with Crippen LogP contribution in [0.3, 0.4) is 0 Å². The van der Waals surface area contributed by atoms with Crippen LogP contribution in [0.25, 0.3) is 10.9 Å². The van der Waals surface area contributed by atoms with Gasteiger partial charge in [-0.3, -0.25) is 0 Å². The van der Waals surface area contributed by atoms with Crippen LogP contribution in [0.1, 0.15) is 29.9 Å². The van der Waals surface area contributed by atoms with E-state index in [4.69, 9.17) is 0 Å². The van der Waals surface area contributed by atoms with E-state index < -0.39 is 6.36 Å². The highest BCUT2D eigenvalue weighted by atomic mass is 19.4. The molecule has 0 N–H and O–H groups in total. The number of para-hydroxylation sites is 1. The van der Waals surface area contributed by atoms with Gasteiger partial charge in [-0.05, 0) is 30.7 Å². The van der Waals surface area contributed by atoms with Crippen LogP contribution >= 0.6 is 0 Å². The fraction of sp³-hybridized carbons (Fsp3) is 0.222. The Hall–Kier alpha value is -2.63. The molecule has 0 saturated carbocycles. The van der Waals surface area contributed by atoms with E-state index in [2.05, 4.69) is 14.7 Å². The first-order valence-electron chi connectivity index (χ1n) is 7.42. The molecule has 0 spiro atoms. The van der Waals surface area contributed by atoms with E-state index in [1.165, 1.54) is 12.1 Å². The highest BCUT2D eigenvalue weighted by Crippen LogP contribution is 2.30. The molecule has 0 aliphatic carbocycles. The first-order valence-corrected chi connectivity index (χ1v) is 7.42. The van der Waals surface area contributed by atoms with E-state index in [1.807, 2.05) is 38.1 Å². The zero-order valence-electron chi connectivity index (χ0n) is 13.1. The highest BCUT2D eigenvalue weighted by Gasteiger charge is 2.31. The average Bonchev–Trinajstić information content (AvgIpc) is 2.52. The molecule has 24 heavy (non-hydrogen) atoms. The van der Waals surface area contributed by atoms with Gasteiger partial charge >= 0.3 is 6.36 Å². The predicted octanol–water partition coefficient (Wildman–Crippen LogP) is 4.99. The maximum Gasteiger partial charge on any atom is 0.573 e. The van der Waals surface area contributed by atoms with Crippen LogP contribution in [-0.2, 0) is 0 Å². The van der Waals surface area contributed by atoms with Gasteiger partial charge in [0, 0.05) is 11.3 Å². The number of ether oxygens (including phenoxy) is 1. The lowest BCUT2D eigenvalue weighted by atomic mass is 9.94. The van der Waals surface area contributed by atoms with Crippen molar-refractivity contribution in [1.29, 1.82) is 0 Å². The highest BCUT2D eigenvalue weighted by molar-refractivity contribution is 5.81. The van der Waals surface area contributed by atoms with Crippen molar-refractivity contribution in [3.63, 3.8) is 0 Å². The van der Waals surface area contributed by atoms with Crippen LogP contribution in [0, 0.1) is 6.92 Å². The second-order valence-corrected chi connectivity index (χ2v) is 5.51. The van der Waals surface area contributed by atoms with Gasteiger partial charge in [0.25, 0.3) is 0 Å². The van der Waals surface area contributed by atoms with Crippen LogP contribution in [0.2, 0.25) is 0 Å². The Bertz CT molecular complexity index is 860. The third-order valence-corrected chi connectivity index (χ3v) is 3.77. The molecule has 0 aliphatic rings. The van der Waals surface area contributed by atoms with Gasteiger partial charge in [0.05, 0.1) is 11.2 Å². The van der Waals surface area contributed by atoms with Crippen LogP contribution < -0.4 is 4.74 Å². The SMILES string of the molecule is Cc1nc(C(C)c2ccc(OC(F)(F)F)cc2)c2ccccc2n1. The maximum atomic E-state index is 12.2. The van der Waals surface area contributed by atoms with Gasteiger partial charge < -0.3 is 4.74 Å². The summed E-state index contributed by atoms with van der Waals surface area (Å²) < 4.78 is 40.6. The van der Waals surface area contributed by atoms with Gasteiger partial charge in [-0.1, -0.05) is 37.3 Å². The zero-order chi connectivity index (χ0) is 17.3. The average molecular weight is 332 g/mol. The maximum absolute atomic E-state index is 12.2. The Morgan fingerprint density at radius 1 is 0.958 bits per heavy atom. The molecule has 124 valence electrons. The van der Waals surface area contributed by atoms with Crippen molar-refractivity contribution in [2.75, 3.05) is 0 Å². The van der Waals surface area contributed by atoms with Gasteiger partial charge in [0.1, 0.15) is 11.6 Å². The molecule has 0 amide bonds. The minimum absolute atomic E-state index is 0.0865. The van der Waals surface area contributed by atoms with Crippen molar-refractivity contribution < 1.29 is 17.9 Å². The summed E-state index contributed by atoms with van der Waals surface area (Å²) in [7, 11) is 0. The number of halogens is 3. The number of aryl methyl sites for hydroxylation is 1. The molecular weight excluding hydrogens is 317 g/mol. The number of fused-ring (bicyclic) bond motifs is 1. The minimum atomic E-state index is -4.69. The van der Waals surface area contributed by atoms with Gasteiger partial charge in [-0.15, -0.1) is 13.2 Å². The Balaban J connectivity index is 1.96. The lowest BCUT2D eigenvalue weighted by Gasteiger charge is -2.15. The monoisotopic (exact) mass is 332 g/mol. The van der Waals surface area contributed by atoms with Crippen LogP contribution in [0.5, 0.6) is 5.75 Å². The van der Waals surface area contributed by atoms with Crippen molar-refractivity contribution in [3.05, 3.63) is 65.6 Å². The summed E-state index contributed by atoms with van der Waals surface area (Å²) in [5, 5.41) is 0.936. The third-order valence-electron chi connectivity index (χ3n) is 3.77. The Labute approximate surface area is 137 Å². The lowest BCUT2D eigenvalue weighted by molar-refractivity contribution is -0.274.